The van der Waals surface area contributed by atoms with E-state index >= 15 is 0 Å². The van der Waals surface area contributed by atoms with Crippen LogP contribution in [0.25, 0.3) is 0 Å². The van der Waals surface area contributed by atoms with Crippen LogP contribution in [0.15, 0.2) is 66.7 Å². The summed E-state index contributed by atoms with van der Waals surface area (Å²) in [6.45, 7) is 2.90. The van der Waals surface area contributed by atoms with Crippen molar-refractivity contribution < 1.29 is 9.47 Å². The third-order valence-corrected chi connectivity index (χ3v) is 4.34. The monoisotopic (exact) mass is 460 g/mol. The number of ether oxygens (including phenoxy) is 2. The molecule has 31 heavy (non-hydrogen) atoms. The molecule has 0 aliphatic carbocycles. The second kappa shape index (κ2) is 11.8. The van der Waals surface area contributed by atoms with Crippen molar-refractivity contribution in [1.29, 1.82) is 10.8 Å². The highest BCUT2D eigenvalue weighted by Crippen LogP contribution is 2.18. The van der Waals surface area contributed by atoms with Gasteiger partial charge in [-0.25, -0.2) is 0 Å². The fraction of sp³-hybridized carbons (Fsp3) is 0.130. The predicted molar refractivity (Wildman–Crippen MR) is 129 cm³/mol. The second-order valence-electron chi connectivity index (χ2n) is 6.78. The smallest absolute Gasteiger partial charge is 0.122 e. The summed E-state index contributed by atoms with van der Waals surface area (Å²) < 4.78 is 11.7. The Bertz CT molecular complexity index is 943. The minimum Gasteiger partial charge on any atom is -0.489 e. The first-order valence-corrected chi connectivity index (χ1v) is 9.14. The Kier molecular flexibility index (Phi) is 9.86. The summed E-state index contributed by atoms with van der Waals surface area (Å²) in [5, 5.41) is 14.9. The minimum atomic E-state index is 0. The number of rotatable bonds is 8. The van der Waals surface area contributed by atoms with E-state index in [9.17, 15) is 0 Å². The third-order valence-electron chi connectivity index (χ3n) is 4.34. The number of benzene rings is 3. The first-order chi connectivity index (χ1) is 13.9. The van der Waals surface area contributed by atoms with Gasteiger partial charge in [0.15, 0.2) is 0 Å². The average molecular weight is 461 g/mol. The summed E-state index contributed by atoms with van der Waals surface area (Å²) in [6, 6.07) is 20.5. The van der Waals surface area contributed by atoms with Crippen molar-refractivity contribution in [2.24, 2.45) is 11.5 Å². The maximum absolute atomic E-state index is 7.43. The zero-order chi connectivity index (χ0) is 20.8. The maximum Gasteiger partial charge on any atom is 0.122 e. The van der Waals surface area contributed by atoms with Crippen LogP contribution in [0.5, 0.6) is 11.5 Å². The third kappa shape index (κ3) is 7.51. The first-order valence-electron chi connectivity index (χ1n) is 9.14. The molecule has 0 radical (unpaired) electrons. The molecule has 0 aromatic heterocycles. The molecule has 0 bridgehead atoms. The number of hydrogen-bond donors (Lipinski definition) is 4. The van der Waals surface area contributed by atoms with Crippen LogP contribution >= 0.6 is 24.8 Å². The fourth-order valence-electron chi connectivity index (χ4n) is 2.91. The summed E-state index contributed by atoms with van der Waals surface area (Å²) in [5.74, 6) is 1.52. The van der Waals surface area contributed by atoms with Gasteiger partial charge in [0.25, 0.3) is 0 Å². The van der Waals surface area contributed by atoms with E-state index in [1.807, 2.05) is 6.92 Å². The lowest BCUT2D eigenvalue weighted by molar-refractivity contribution is 0.299. The van der Waals surface area contributed by atoms with E-state index in [1.54, 1.807) is 48.5 Å². The number of hydrogen-bond acceptors (Lipinski definition) is 4. The molecule has 0 aliphatic heterocycles. The molecular formula is C23H26Cl2N4O2. The van der Waals surface area contributed by atoms with Crippen molar-refractivity contribution in [1.82, 2.24) is 0 Å². The summed E-state index contributed by atoms with van der Waals surface area (Å²) in [7, 11) is 0. The van der Waals surface area contributed by atoms with Crippen molar-refractivity contribution in [3.63, 3.8) is 0 Å². The number of nitrogens with one attached hydrogen (secondary N) is 2. The molecule has 3 aromatic carbocycles. The van der Waals surface area contributed by atoms with Crippen molar-refractivity contribution in [2.75, 3.05) is 0 Å². The van der Waals surface area contributed by atoms with Crippen LogP contribution < -0.4 is 20.9 Å². The fourth-order valence-corrected chi connectivity index (χ4v) is 2.91. The Morgan fingerprint density at radius 3 is 1.35 bits per heavy atom. The van der Waals surface area contributed by atoms with Gasteiger partial charge >= 0.3 is 0 Å². The number of aryl methyl sites for hydroxylation is 1. The Labute approximate surface area is 194 Å². The quantitative estimate of drug-likeness (QED) is 0.290. The lowest BCUT2D eigenvalue weighted by atomic mass is 10.1. The normalized spacial score (nSPS) is 9.71. The Morgan fingerprint density at radius 1 is 0.677 bits per heavy atom. The van der Waals surface area contributed by atoms with E-state index in [0.717, 1.165) is 28.2 Å². The van der Waals surface area contributed by atoms with Crippen LogP contribution in [-0.2, 0) is 13.2 Å². The summed E-state index contributed by atoms with van der Waals surface area (Å²) in [4.78, 5) is 0. The topological polar surface area (TPSA) is 118 Å². The van der Waals surface area contributed by atoms with E-state index in [4.69, 9.17) is 31.8 Å². The van der Waals surface area contributed by atoms with Gasteiger partial charge in [-0.05, 0) is 72.6 Å². The van der Waals surface area contributed by atoms with E-state index in [2.05, 4.69) is 18.2 Å². The maximum atomic E-state index is 7.43. The zero-order valence-electron chi connectivity index (χ0n) is 17.1. The molecule has 0 heterocycles. The molecule has 0 saturated heterocycles. The van der Waals surface area contributed by atoms with Gasteiger partial charge in [0.1, 0.15) is 36.4 Å². The Balaban J connectivity index is 0.00000240. The molecule has 0 spiro atoms. The lowest BCUT2D eigenvalue weighted by Crippen LogP contribution is -2.10. The van der Waals surface area contributed by atoms with E-state index in [0.29, 0.717) is 24.3 Å². The van der Waals surface area contributed by atoms with Crippen LogP contribution in [0.2, 0.25) is 0 Å². The van der Waals surface area contributed by atoms with Gasteiger partial charge < -0.3 is 20.9 Å². The van der Waals surface area contributed by atoms with Crippen LogP contribution in [0, 0.1) is 17.7 Å². The zero-order valence-corrected chi connectivity index (χ0v) is 18.7. The van der Waals surface area contributed by atoms with Gasteiger partial charge in [0.2, 0.25) is 0 Å². The highest BCUT2D eigenvalue weighted by molar-refractivity contribution is 5.95. The molecular weight excluding hydrogens is 435 g/mol. The molecule has 164 valence electrons. The molecule has 0 fully saturated rings. The first kappa shape index (κ1) is 25.8. The van der Waals surface area contributed by atoms with E-state index in [1.165, 1.54) is 0 Å². The van der Waals surface area contributed by atoms with Crippen molar-refractivity contribution >= 4 is 36.5 Å². The SMILES string of the molecule is Cc1cc(COc2ccc(C(=N)N)cc2)cc(COc2ccc(C(=N)N)cc2)c1.Cl.Cl. The van der Waals surface area contributed by atoms with Gasteiger partial charge in [-0.2, -0.15) is 0 Å². The highest BCUT2D eigenvalue weighted by atomic mass is 35.5. The largest absolute Gasteiger partial charge is 0.489 e. The number of halogens is 2. The molecule has 6 N–H and O–H groups in total. The molecule has 6 nitrogen and oxygen atoms in total. The second-order valence-corrected chi connectivity index (χ2v) is 6.78. The minimum absolute atomic E-state index is 0. The number of amidine groups is 2. The summed E-state index contributed by atoms with van der Waals surface area (Å²) in [5.41, 5.74) is 15.5. The predicted octanol–water partition coefficient (Wildman–Crippen LogP) is 4.56. The van der Waals surface area contributed by atoms with Crippen LogP contribution in [0.1, 0.15) is 27.8 Å². The summed E-state index contributed by atoms with van der Waals surface area (Å²) >= 11 is 0. The van der Waals surface area contributed by atoms with Gasteiger partial charge in [0.05, 0.1) is 0 Å². The number of nitrogens with two attached hydrogens (primary N) is 2. The van der Waals surface area contributed by atoms with Crippen molar-refractivity contribution in [2.45, 2.75) is 20.1 Å². The Morgan fingerprint density at radius 2 is 1.03 bits per heavy atom. The van der Waals surface area contributed by atoms with Gasteiger partial charge in [-0.3, -0.25) is 10.8 Å². The van der Waals surface area contributed by atoms with E-state index < -0.39 is 0 Å². The van der Waals surface area contributed by atoms with Gasteiger partial charge in [0, 0.05) is 11.1 Å². The Hall–Kier alpha value is -3.22. The molecule has 0 saturated carbocycles. The molecule has 0 aliphatic rings. The van der Waals surface area contributed by atoms with E-state index in [-0.39, 0.29) is 36.5 Å². The van der Waals surface area contributed by atoms with Crippen molar-refractivity contribution in [3.05, 3.63) is 94.5 Å². The molecule has 3 rings (SSSR count). The van der Waals surface area contributed by atoms with Gasteiger partial charge in [-0.15, -0.1) is 24.8 Å². The molecule has 3 aromatic rings. The van der Waals surface area contributed by atoms with Crippen molar-refractivity contribution in [3.8, 4) is 11.5 Å². The van der Waals surface area contributed by atoms with Gasteiger partial charge in [-0.1, -0.05) is 17.7 Å². The average Bonchev–Trinajstić information content (AvgIpc) is 2.71. The molecule has 0 amide bonds. The van der Waals surface area contributed by atoms with Crippen LogP contribution in [0.3, 0.4) is 0 Å². The summed E-state index contributed by atoms with van der Waals surface area (Å²) in [6.07, 6.45) is 0. The molecule has 0 unspecified atom stereocenters. The standard InChI is InChI=1S/C23H24N4O2.2ClH/c1-15-10-16(13-28-20-6-2-18(3-7-20)22(24)25)12-17(11-15)14-29-21-8-4-19(5-9-21)23(26)27;;/h2-12H,13-14H2,1H3,(H3,24,25)(H3,26,27);2*1H. The number of nitrogen functional groups attached to an aromatic ring is 2. The highest BCUT2D eigenvalue weighted by Gasteiger charge is 2.04. The molecule has 8 heteroatoms. The van der Waals surface area contributed by atoms with Crippen LogP contribution in [-0.4, -0.2) is 11.7 Å². The lowest BCUT2D eigenvalue weighted by Gasteiger charge is -2.11. The van der Waals surface area contributed by atoms with Crippen LogP contribution in [0.4, 0.5) is 0 Å². The molecule has 0 atom stereocenters.